The maximum atomic E-state index is 12.0. The number of benzene rings is 2. The van der Waals surface area contributed by atoms with Gasteiger partial charge in [-0.05, 0) is 42.2 Å². The molecule has 1 atom stereocenters. The topological polar surface area (TPSA) is 29.1 Å². The minimum absolute atomic E-state index is 0.00901. The van der Waals surface area contributed by atoms with Gasteiger partial charge in [0.15, 0.2) is 0 Å². The molecule has 1 aliphatic heterocycles. The zero-order valence-corrected chi connectivity index (χ0v) is 14.0. The first-order valence-corrected chi connectivity index (χ1v) is 8.10. The van der Waals surface area contributed by atoms with Gasteiger partial charge in [-0.1, -0.05) is 45.8 Å². The van der Waals surface area contributed by atoms with E-state index >= 15 is 0 Å². The molecule has 1 heterocycles. The smallest absolute Gasteiger partial charge is 0.251 e. The highest BCUT2D eigenvalue weighted by Gasteiger charge is 2.20. The molecule has 1 aliphatic rings. The number of amides is 1. The normalized spacial score (nSPS) is 15.3. The molecule has 0 spiro atoms. The monoisotopic (exact) mass is 363 g/mol. The number of halogens is 2. The van der Waals surface area contributed by atoms with Gasteiger partial charge in [0, 0.05) is 16.6 Å². The predicted octanol–water partition coefficient (Wildman–Crippen LogP) is 4.37. The second kappa shape index (κ2) is 5.82. The number of nitrogens with one attached hydrogen (secondary N) is 1. The third-order valence-corrected chi connectivity index (χ3v) is 4.98. The molecule has 2 aromatic rings. The average molecular weight is 365 g/mol. The van der Waals surface area contributed by atoms with E-state index in [2.05, 4.69) is 27.3 Å². The van der Waals surface area contributed by atoms with E-state index in [1.54, 1.807) is 0 Å². The molecular weight excluding hydrogens is 350 g/mol. The Morgan fingerprint density at radius 1 is 1.24 bits per heavy atom. The van der Waals surface area contributed by atoms with Crippen LogP contribution in [0.25, 0.3) is 0 Å². The molecule has 3 rings (SSSR count). The Morgan fingerprint density at radius 2 is 2.05 bits per heavy atom. The quantitative estimate of drug-likeness (QED) is 0.788. The molecule has 0 aromatic heterocycles. The molecule has 0 bridgehead atoms. The van der Waals surface area contributed by atoms with E-state index in [9.17, 15) is 4.79 Å². The Morgan fingerprint density at radius 3 is 2.86 bits per heavy atom. The minimum Gasteiger partial charge on any atom is -0.352 e. The molecule has 0 aliphatic carbocycles. The van der Waals surface area contributed by atoms with Gasteiger partial charge in [-0.3, -0.25) is 4.79 Å². The molecule has 0 radical (unpaired) electrons. The number of rotatable bonds is 2. The third-order valence-electron chi connectivity index (χ3n) is 3.78. The van der Waals surface area contributed by atoms with Crippen molar-refractivity contribution in [3.05, 3.63) is 68.7 Å². The summed E-state index contributed by atoms with van der Waals surface area (Å²) < 4.78 is 0.982. The molecule has 2 aromatic carbocycles. The van der Waals surface area contributed by atoms with Crippen LogP contribution in [0.5, 0.6) is 0 Å². The van der Waals surface area contributed by atoms with Crippen molar-refractivity contribution in [2.75, 3.05) is 6.54 Å². The summed E-state index contributed by atoms with van der Waals surface area (Å²) in [5.74, 6) is -0.00901. The molecular formula is C17H15BrClNO. The lowest BCUT2D eigenvalue weighted by atomic mass is 9.94. The van der Waals surface area contributed by atoms with Gasteiger partial charge >= 0.3 is 0 Å². The van der Waals surface area contributed by atoms with Crippen LogP contribution in [0, 0.1) is 6.92 Å². The molecule has 21 heavy (non-hydrogen) atoms. The van der Waals surface area contributed by atoms with E-state index in [1.165, 1.54) is 0 Å². The van der Waals surface area contributed by atoms with Crippen LogP contribution < -0.4 is 5.32 Å². The fourth-order valence-corrected chi connectivity index (χ4v) is 3.55. The van der Waals surface area contributed by atoms with Gasteiger partial charge in [-0.2, -0.15) is 0 Å². The fraction of sp³-hybridized carbons (Fsp3) is 0.235. The summed E-state index contributed by atoms with van der Waals surface area (Å²) in [5.41, 5.74) is 4.96. The molecule has 1 N–H and O–H groups in total. The van der Waals surface area contributed by atoms with Gasteiger partial charge in [-0.25, -0.2) is 0 Å². The summed E-state index contributed by atoms with van der Waals surface area (Å²) in [7, 11) is 0. The van der Waals surface area contributed by atoms with Gasteiger partial charge in [0.05, 0.1) is 5.38 Å². The van der Waals surface area contributed by atoms with Crippen molar-refractivity contribution in [2.45, 2.75) is 18.7 Å². The summed E-state index contributed by atoms with van der Waals surface area (Å²) in [5, 5.41) is 2.59. The summed E-state index contributed by atoms with van der Waals surface area (Å²) in [6, 6.07) is 12.1. The first-order chi connectivity index (χ1) is 10.1. The average Bonchev–Trinajstić information content (AvgIpc) is 2.49. The first kappa shape index (κ1) is 14.6. The van der Waals surface area contributed by atoms with Crippen molar-refractivity contribution in [2.24, 2.45) is 0 Å². The Balaban J connectivity index is 2.02. The zero-order chi connectivity index (χ0) is 15.0. The Bertz CT molecular complexity index is 714. The maximum absolute atomic E-state index is 12.0. The van der Waals surface area contributed by atoms with Crippen molar-refractivity contribution in [1.29, 1.82) is 0 Å². The number of aryl methyl sites for hydroxylation is 1. The molecule has 0 saturated heterocycles. The molecule has 0 saturated carbocycles. The van der Waals surface area contributed by atoms with Crippen LogP contribution in [0.4, 0.5) is 0 Å². The van der Waals surface area contributed by atoms with E-state index in [4.69, 9.17) is 11.6 Å². The summed E-state index contributed by atoms with van der Waals surface area (Å²) in [6.45, 7) is 2.75. The molecule has 4 heteroatoms. The highest BCUT2D eigenvalue weighted by Crippen LogP contribution is 2.35. The van der Waals surface area contributed by atoms with Gasteiger partial charge in [0.25, 0.3) is 5.91 Å². The van der Waals surface area contributed by atoms with E-state index in [0.29, 0.717) is 6.54 Å². The van der Waals surface area contributed by atoms with Crippen LogP contribution in [-0.2, 0) is 6.42 Å². The van der Waals surface area contributed by atoms with Crippen LogP contribution >= 0.6 is 27.5 Å². The fourth-order valence-electron chi connectivity index (χ4n) is 2.62. The molecule has 1 unspecified atom stereocenters. The molecule has 108 valence electrons. The van der Waals surface area contributed by atoms with Gasteiger partial charge in [0.1, 0.15) is 0 Å². The van der Waals surface area contributed by atoms with Crippen LogP contribution in [-0.4, -0.2) is 12.5 Å². The van der Waals surface area contributed by atoms with Crippen molar-refractivity contribution in [1.82, 2.24) is 5.32 Å². The lowest BCUT2D eigenvalue weighted by Gasteiger charge is -2.19. The highest BCUT2D eigenvalue weighted by atomic mass is 79.9. The van der Waals surface area contributed by atoms with Crippen molar-refractivity contribution in [3.63, 3.8) is 0 Å². The van der Waals surface area contributed by atoms with Crippen molar-refractivity contribution >= 4 is 33.4 Å². The summed E-state index contributed by atoms with van der Waals surface area (Å²) in [6.07, 6.45) is 0.877. The second-order valence-corrected chi connectivity index (χ2v) is 6.60. The number of fused-ring (bicyclic) bond motifs is 1. The van der Waals surface area contributed by atoms with E-state index in [0.717, 1.165) is 38.7 Å². The Kier molecular flexibility index (Phi) is 4.05. The number of carbonyl (C=O) groups excluding carboxylic acids is 1. The van der Waals surface area contributed by atoms with Gasteiger partial charge < -0.3 is 5.32 Å². The van der Waals surface area contributed by atoms with Crippen LogP contribution in [0.2, 0.25) is 0 Å². The summed E-state index contributed by atoms with van der Waals surface area (Å²) in [4.78, 5) is 12.0. The first-order valence-electron chi connectivity index (χ1n) is 6.87. The number of alkyl halides is 1. The number of hydrogen-bond donors (Lipinski definition) is 1. The molecule has 0 fully saturated rings. The zero-order valence-electron chi connectivity index (χ0n) is 11.6. The Labute approximate surface area is 137 Å². The number of hydrogen-bond acceptors (Lipinski definition) is 1. The largest absolute Gasteiger partial charge is 0.352 e. The lowest BCUT2D eigenvalue weighted by molar-refractivity contribution is 0.0946. The lowest BCUT2D eigenvalue weighted by Crippen LogP contribution is -2.31. The Hall–Kier alpha value is -1.32. The van der Waals surface area contributed by atoms with Crippen LogP contribution in [0.1, 0.15) is 38.0 Å². The second-order valence-electron chi connectivity index (χ2n) is 5.31. The SMILES string of the molecule is Cc1ccc(Br)c(C(Cl)c2ccc3c(c2)C(=O)NCC3)c1. The van der Waals surface area contributed by atoms with E-state index in [1.807, 2.05) is 37.3 Å². The third kappa shape index (κ3) is 2.85. The van der Waals surface area contributed by atoms with Crippen LogP contribution in [0.3, 0.4) is 0 Å². The minimum atomic E-state index is -0.278. The van der Waals surface area contributed by atoms with E-state index < -0.39 is 0 Å². The maximum Gasteiger partial charge on any atom is 0.251 e. The molecule has 1 amide bonds. The van der Waals surface area contributed by atoms with Crippen molar-refractivity contribution < 1.29 is 4.79 Å². The number of carbonyl (C=O) groups is 1. The highest BCUT2D eigenvalue weighted by molar-refractivity contribution is 9.10. The molecule has 2 nitrogen and oxygen atoms in total. The predicted molar refractivity (Wildman–Crippen MR) is 89.1 cm³/mol. The standard InChI is InChI=1S/C17H15BrClNO/c1-10-2-5-15(18)14(8-10)16(19)12-4-3-11-6-7-20-17(21)13(11)9-12/h2-5,8-9,16H,6-7H2,1H3,(H,20,21). The van der Waals surface area contributed by atoms with Crippen molar-refractivity contribution in [3.8, 4) is 0 Å². The van der Waals surface area contributed by atoms with Gasteiger partial charge in [0.2, 0.25) is 0 Å². The van der Waals surface area contributed by atoms with Gasteiger partial charge in [-0.15, -0.1) is 11.6 Å². The van der Waals surface area contributed by atoms with E-state index in [-0.39, 0.29) is 11.3 Å². The van der Waals surface area contributed by atoms with Crippen LogP contribution in [0.15, 0.2) is 40.9 Å². The summed E-state index contributed by atoms with van der Waals surface area (Å²) >= 11 is 10.2.